The van der Waals surface area contributed by atoms with E-state index in [1.54, 1.807) is 17.1 Å². The highest BCUT2D eigenvalue weighted by molar-refractivity contribution is 6.34. The topological polar surface area (TPSA) is 148 Å². The minimum atomic E-state index is -2.65. The lowest BCUT2D eigenvalue weighted by Crippen LogP contribution is -2.40. The van der Waals surface area contributed by atoms with Crippen molar-refractivity contribution in [2.45, 2.75) is 34.5 Å². The van der Waals surface area contributed by atoms with Gasteiger partial charge in [-0.3, -0.25) is 0 Å². The lowest BCUT2D eigenvalue weighted by Gasteiger charge is -2.43. The summed E-state index contributed by atoms with van der Waals surface area (Å²) >= 11 is 0. The first-order valence-electron chi connectivity index (χ1n) is 51.8. The number of nitrogens with zero attached hydrogens (tertiary/aromatic N) is 10. The molecule has 15 nitrogen and oxygen atoms in total. The third kappa shape index (κ3) is 12.8. The largest absolute Gasteiger partial charge is 0.454 e. The van der Waals surface area contributed by atoms with Gasteiger partial charge in [0.25, 0.3) is 17.8 Å². The van der Waals surface area contributed by atoms with Gasteiger partial charge < -0.3 is 22.9 Å². The average molecular weight is 1880 g/mol. The van der Waals surface area contributed by atoms with Crippen LogP contribution in [-0.2, 0) is 0 Å². The van der Waals surface area contributed by atoms with Crippen molar-refractivity contribution in [1.29, 1.82) is 0 Å². The van der Waals surface area contributed by atoms with Crippen LogP contribution in [0.5, 0.6) is 11.5 Å². The molecule has 0 atom stereocenters. The number of para-hydroxylation sites is 7. The summed E-state index contributed by atoms with van der Waals surface area (Å²) in [5.41, 5.74) is 24.3. The molecule has 0 bridgehead atoms. The normalized spacial score (nSPS) is 13.4. The smallest absolute Gasteiger partial charge is 0.265 e. The number of hydrogen-bond acceptors (Lipinski definition) is 15. The van der Waals surface area contributed by atoms with Crippen LogP contribution >= 0.6 is 0 Å². The monoisotopic (exact) mass is 1880 g/mol. The van der Waals surface area contributed by atoms with E-state index in [2.05, 4.69) is 303 Å². The number of rotatable bonds is 7. The van der Waals surface area contributed by atoms with E-state index in [0.717, 1.165) is 226 Å². The maximum Gasteiger partial charge on any atom is 0.265 e. The van der Waals surface area contributed by atoms with Gasteiger partial charge in [0, 0.05) is 107 Å². The highest BCUT2D eigenvalue weighted by atomic mass is 16.7. The van der Waals surface area contributed by atoms with E-state index in [-0.39, 0.29) is 17.1 Å². The van der Waals surface area contributed by atoms with Crippen LogP contribution in [0.1, 0.15) is 36.0 Å². The van der Waals surface area contributed by atoms with E-state index in [4.69, 9.17) is 61.1 Å². The molecule has 0 radical (unpaired) electrons. The van der Waals surface area contributed by atoms with Crippen molar-refractivity contribution in [3.05, 3.63) is 446 Å². The molecule has 0 saturated carbocycles. The lowest BCUT2D eigenvalue weighted by molar-refractivity contribution is 0.315. The average Bonchev–Trinajstić information content (AvgIpc) is 1.20. The first-order chi connectivity index (χ1) is 74.5. The SMILES string of the molecule is Cc1ccccc1-c1nc(N2Oc3ccc4ccccc4c3-c3c2c2oc4ccccc4c2c2ccccc32)nc2ccccc12.Cc1ccccc1-c1nc(N2c3c(c4ccccc4c4c3oc3ccccc34)-c3c(ccc4ccccc34)N2c2ccccc2)nc2ccccc12.[2H]C([2H])([2H])c1cc(C)c(-c2nc(N3Oc4ccc5ccccc5c4-c4c3c3oc5ccccc5c3c3ccccc43)nc3ccccc23)c(C([2H])([2H])[2H])c1. The Morgan fingerprint density at radius 3 is 1.03 bits per heavy atom. The molecule has 9 heterocycles. The highest BCUT2D eigenvalue weighted by Gasteiger charge is 2.42. The number of fused-ring (bicyclic) bond motifs is 39. The van der Waals surface area contributed by atoms with Crippen LogP contribution in [0.2, 0.25) is 0 Å². The molecule has 0 aliphatic carbocycles. The Kier molecular flexibility index (Phi) is 17.4. The fourth-order valence-electron chi connectivity index (χ4n) is 22.8. The second kappa shape index (κ2) is 32.9. The van der Waals surface area contributed by atoms with E-state index in [1.165, 1.54) is 22.9 Å². The van der Waals surface area contributed by atoms with Gasteiger partial charge in [-0.2, -0.15) is 0 Å². The molecule has 146 heavy (non-hydrogen) atoms. The van der Waals surface area contributed by atoms with E-state index in [1.807, 2.05) is 127 Å². The van der Waals surface area contributed by atoms with E-state index in [9.17, 15) is 0 Å². The maximum absolute atomic E-state index is 8.54. The molecule has 688 valence electrons. The number of furan rings is 3. The predicted molar refractivity (Wildman–Crippen MR) is 597 cm³/mol. The van der Waals surface area contributed by atoms with Crippen LogP contribution in [0, 0.1) is 34.5 Å². The van der Waals surface area contributed by atoms with Gasteiger partial charge in [-0.1, -0.05) is 357 Å². The Labute approximate surface area is 844 Å². The van der Waals surface area contributed by atoms with Crippen LogP contribution < -0.4 is 29.8 Å². The fraction of sp³-hybridized carbons (Fsp3) is 0.0382. The summed E-state index contributed by atoms with van der Waals surface area (Å²) in [4.78, 5) is 45.4. The molecular formula is C131H84N10O5. The molecule has 15 heteroatoms. The quantitative estimate of drug-likeness (QED) is 0.149. The van der Waals surface area contributed by atoms with Gasteiger partial charge in [0.2, 0.25) is 0 Å². The molecule has 6 aromatic heterocycles. The minimum absolute atomic E-state index is 0.0512. The molecule has 0 N–H and O–H groups in total. The summed E-state index contributed by atoms with van der Waals surface area (Å²) in [6, 6.07) is 142. The van der Waals surface area contributed by atoms with Gasteiger partial charge in [-0.25, -0.2) is 39.9 Å². The van der Waals surface area contributed by atoms with Gasteiger partial charge in [-0.15, -0.1) is 10.1 Å². The Morgan fingerprint density at radius 1 is 0.233 bits per heavy atom. The standard InChI is InChI=1S/C47H30N4O.C43H29N3O2.C41H25N3O2/c1-29-15-5-7-19-32(29)44-36-23-11-13-25-38(36)48-47(49-44)51-45-43(35-22-10-9-21-34(35)41-37-24-12-14-26-40(37)52-46(41)45)42-33-20-8-6-16-30(33)27-28-39(42)50(51)31-17-3-2-4-18-31;1-24-22-25(2)36(26(3)23-24)40-31-16-8-10-18-33(31)44-43(45-40)46-41-39(38-28-13-5-4-12-27(28)20-21-35(38)48-46)30-15-7-6-14-29(30)37-32-17-9-11-19-34(32)47-42(37)41;1-24-12-2-4-14-26(24)38-30-18-8-10-20-32(30)42-41(43-38)44-39-37(36-27-15-5-3-13-25(27)22-23-34(36)46-44)29-17-7-6-16-28(29)35-31-19-9-11-21-33(31)45-40(35)39/h2-28H,1H3;4-23H,1-3H3;2-23H,1H3/i;1D3,2D3;. The van der Waals surface area contributed by atoms with Gasteiger partial charge in [0.05, 0.1) is 45.0 Å². The van der Waals surface area contributed by atoms with Crippen molar-refractivity contribution < 1.29 is 31.2 Å². The number of anilines is 8. The number of aryl methyl sites for hydroxylation is 5. The molecule has 22 aromatic carbocycles. The number of hydrogen-bond donors (Lipinski definition) is 0. The van der Waals surface area contributed by atoms with Crippen LogP contribution in [0.15, 0.2) is 432 Å². The first kappa shape index (κ1) is 77.4. The predicted octanol–water partition coefficient (Wildman–Crippen LogP) is 35.1. The minimum Gasteiger partial charge on any atom is -0.454 e. The number of aromatic nitrogens is 6. The molecule has 0 amide bonds. The van der Waals surface area contributed by atoms with Crippen molar-refractivity contribution in [2.24, 2.45) is 0 Å². The van der Waals surface area contributed by atoms with Crippen molar-refractivity contribution in [3.8, 4) is 78.7 Å². The summed E-state index contributed by atoms with van der Waals surface area (Å²) < 4.78 is 70.4. The van der Waals surface area contributed by atoms with Gasteiger partial charge in [0.1, 0.15) is 33.8 Å². The molecule has 0 unspecified atom stereocenters. The molecule has 0 saturated heterocycles. The first-order valence-corrected chi connectivity index (χ1v) is 48.8. The Bertz CT molecular complexity index is 10700. The van der Waals surface area contributed by atoms with Crippen molar-refractivity contribution in [3.63, 3.8) is 0 Å². The van der Waals surface area contributed by atoms with Crippen LogP contribution in [0.25, 0.3) is 230 Å². The molecular weight excluding hydrogens is 1790 g/mol. The van der Waals surface area contributed by atoms with Gasteiger partial charge in [0.15, 0.2) is 28.2 Å². The second-order valence-electron chi connectivity index (χ2n) is 37.5. The summed E-state index contributed by atoms with van der Waals surface area (Å²) in [5.74, 6) is 2.46. The van der Waals surface area contributed by atoms with Gasteiger partial charge in [-0.05, 0) is 188 Å². The van der Waals surface area contributed by atoms with Crippen molar-refractivity contribution in [2.75, 3.05) is 20.1 Å². The molecule has 0 fully saturated rings. The molecule has 3 aliphatic rings. The Hall–Kier alpha value is -19.4. The molecule has 28 aromatic rings. The van der Waals surface area contributed by atoms with Crippen molar-refractivity contribution >= 4 is 209 Å². The number of hydrazine groups is 1. The Balaban J connectivity index is 0.000000107. The lowest BCUT2D eigenvalue weighted by atomic mass is 9.87. The number of benzene rings is 22. The van der Waals surface area contributed by atoms with E-state index >= 15 is 0 Å². The Morgan fingerprint density at radius 2 is 0.575 bits per heavy atom. The third-order valence-corrected chi connectivity index (χ3v) is 29.1. The van der Waals surface area contributed by atoms with E-state index in [0.29, 0.717) is 62.2 Å². The van der Waals surface area contributed by atoms with Crippen molar-refractivity contribution in [1.82, 2.24) is 29.9 Å². The van der Waals surface area contributed by atoms with Crippen LogP contribution in [0.3, 0.4) is 0 Å². The third-order valence-electron chi connectivity index (χ3n) is 29.1. The molecule has 0 spiro atoms. The van der Waals surface area contributed by atoms with Crippen LogP contribution in [0.4, 0.5) is 46.3 Å². The molecule has 31 rings (SSSR count). The van der Waals surface area contributed by atoms with Crippen LogP contribution in [-0.4, -0.2) is 29.9 Å². The highest BCUT2D eigenvalue weighted by Crippen LogP contribution is 2.62. The zero-order valence-electron chi connectivity index (χ0n) is 84.9. The summed E-state index contributed by atoms with van der Waals surface area (Å²) in [6.07, 6.45) is 0. The molecule has 3 aliphatic heterocycles. The van der Waals surface area contributed by atoms with E-state index < -0.39 is 13.7 Å². The fourth-order valence-corrected chi connectivity index (χ4v) is 22.8. The maximum atomic E-state index is 8.54. The van der Waals surface area contributed by atoms with Gasteiger partial charge >= 0.3 is 0 Å². The summed E-state index contributed by atoms with van der Waals surface area (Å²) in [7, 11) is 0. The summed E-state index contributed by atoms with van der Waals surface area (Å²) in [6.45, 7) is 0.815. The second-order valence-corrected chi connectivity index (χ2v) is 37.5. The zero-order valence-corrected chi connectivity index (χ0v) is 78.9. The summed E-state index contributed by atoms with van der Waals surface area (Å²) in [5, 5.41) is 29.7. The zero-order chi connectivity index (χ0) is 102.